The Bertz CT molecular complexity index is 670. The predicted octanol–water partition coefficient (Wildman–Crippen LogP) is 3.29. The van der Waals surface area contributed by atoms with Crippen molar-refractivity contribution in [2.24, 2.45) is 0 Å². The van der Waals surface area contributed by atoms with Crippen LogP contribution in [-0.2, 0) is 17.8 Å². The summed E-state index contributed by atoms with van der Waals surface area (Å²) < 4.78 is 1.99. The number of amides is 1. The van der Waals surface area contributed by atoms with Crippen molar-refractivity contribution in [2.45, 2.75) is 26.3 Å². The van der Waals surface area contributed by atoms with Gasteiger partial charge in [0.15, 0.2) is 0 Å². The maximum atomic E-state index is 11.5. The van der Waals surface area contributed by atoms with Gasteiger partial charge in [0, 0.05) is 35.8 Å². The highest BCUT2D eigenvalue weighted by molar-refractivity contribution is 6.18. The predicted molar refractivity (Wildman–Crippen MR) is 80.9 cm³/mol. The molecule has 1 heterocycles. The van der Waals surface area contributed by atoms with Gasteiger partial charge in [0.2, 0.25) is 5.91 Å². The van der Waals surface area contributed by atoms with Crippen molar-refractivity contribution in [1.29, 1.82) is 5.26 Å². The average molecular weight is 290 g/mol. The molecular formula is C15H16ClN3O. The van der Waals surface area contributed by atoms with Crippen LogP contribution in [0.5, 0.6) is 0 Å². The Labute approximate surface area is 122 Å². The number of halogens is 1. The minimum absolute atomic E-state index is 0.123. The summed E-state index contributed by atoms with van der Waals surface area (Å²) in [6.45, 7) is 2.03. The van der Waals surface area contributed by atoms with Gasteiger partial charge in [0.05, 0.1) is 12.5 Å². The zero-order valence-electron chi connectivity index (χ0n) is 11.3. The molecule has 1 amide bonds. The number of para-hydroxylation sites is 1. The molecule has 1 N–H and O–H groups in total. The molecule has 4 nitrogen and oxygen atoms in total. The van der Waals surface area contributed by atoms with Gasteiger partial charge in [-0.05, 0) is 12.5 Å². The number of rotatable bonds is 5. The maximum Gasteiger partial charge on any atom is 0.222 e. The largest absolute Gasteiger partial charge is 0.326 e. The van der Waals surface area contributed by atoms with Crippen LogP contribution in [0, 0.1) is 11.3 Å². The number of alkyl halides is 1. The van der Waals surface area contributed by atoms with Gasteiger partial charge in [0.1, 0.15) is 5.82 Å². The zero-order chi connectivity index (χ0) is 14.5. The van der Waals surface area contributed by atoms with E-state index in [9.17, 15) is 4.79 Å². The monoisotopic (exact) mass is 289 g/mol. The number of anilines is 1. The lowest BCUT2D eigenvalue weighted by Gasteiger charge is -2.10. The third kappa shape index (κ3) is 2.78. The molecule has 5 heteroatoms. The van der Waals surface area contributed by atoms with E-state index < -0.39 is 0 Å². The number of benzene rings is 1. The number of carbonyl (C=O) groups excluding carboxylic acids is 1. The molecule has 0 radical (unpaired) electrons. The fourth-order valence-corrected chi connectivity index (χ4v) is 2.62. The van der Waals surface area contributed by atoms with Gasteiger partial charge < -0.3 is 9.88 Å². The van der Waals surface area contributed by atoms with Gasteiger partial charge in [-0.1, -0.05) is 18.2 Å². The van der Waals surface area contributed by atoms with Gasteiger partial charge in [0.25, 0.3) is 0 Å². The van der Waals surface area contributed by atoms with E-state index in [0.29, 0.717) is 25.3 Å². The van der Waals surface area contributed by atoms with Crippen LogP contribution in [0.25, 0.3) is 10.9 Å². The van der Waals surface area contributed by atoms with E-state index in [0.717, 1.165) is 22.3 Å². The van der Waals surface area contributed by atoms with Crippen molar-refractivity contribution in [3.63, 3.8) is 0 Å². The molecule has 0 saturated carbocycles. The number of aryl methyl sites for hydroxylation is 2. The van der Waals surface area contributed by atoms with Crippen LogP contribution in [-0.4, -0.2) is 16.4 Å². The summed E-state index contributed by atoms with van der Waals surface area (Å²) in [4.78, 5) is 11.5. The molecule has 0 fully saturated rings. The number of aromatic nitrogens is 1. The molecule has 0 saturated heterocycles. The number of nitrogens with zero attached hydrogens (tertiary/aromatic N) is 2. The summed E-state index contributed by atoms with van der Waals surface area (Å²) >= 11 is 5.88. The molecule has 2 rings (SSSR count). The summed E-state index contributed by atoms with van der Waals surface area (Å²) in [5, 5.41) is 12.8. The first kappa shape index (κ1) is 14.4. The highest BCUT2D eigenvalue weighted by Crippen LogP contribution is 2.31. The molecule has 0 aliphatic rings. The number of fused-ring (bicyclic) bond motifs is 1. The molecule has 1 aromatic carbocycles. The lowest BCUT2D eigenvalue weighted by molar-refractivity contribution is -0.114. The topological polar surface area (TPSA) is 57.8 Å². The van der Waals surface area contributed by atoms with Crippen molar-refractivity contribution >= 4 is 34.2 Å². The van der Waals surface area contributed by atoms with E-state index in [-0.39, 0.29) is 5.91 Å². The molecule has 104 valence electrons. The molecule has 1 aromatic heterocycles. The summed E-state index contributed by atoms with van der Waals surface area (Å²) in [6.07, 6.45) is 1.07. The van der Waals surface area contributed by atoms with Crippen LogP contribution in [0.3, 0.4) is 0 Å². The Morgan fingerprint density at radius 3 is 2.85 bits per heavy atom. The third-order valence-electron chi connectivity index (χ3n) is 3.16. The fourth-order valence-electron chi connectivity index (χ4n) is 2.43. The zero-order valence-corrected chi connectivity index (χ0v) is 12.1. The average Bonchev–Trinajstić information content (AvgIpc) is 2.71. The first-order valence-electron chi connectivity index (χ1n) is 6.49. The number of hydrogen-bond donors (Lipinski definition) is 1. The van der Waals surface area contributed by atoms with Gasteiger partial charge in [-0.3, -0.25) is 4.79 Å². The molecule has 0 aliphatic carbocycles. The smallest absolute Gasteiger partial charge is 0.222 e. The first-order valence-corrected chi connectivity index (χ1v) is 7.03. The van der Waals surface area contributed by atoms with Crippen molar-refractivity contribution in [3.05, 3.63) is 29.8 Å². The molecular weight excluding hydrogens is 274 g/mol. The second-order valence-corrected chi connectivity index (χ2v) is 4.90. The minimum Gasteiger partial charge on any atom is -0.326 e. The Balaban J connectivity index is 2.64. The maximum absolute atomic E-state index is 11.5. The Hall–Kier alpha value is -1.99. The first-order chi connectivity index (χ1) is 9.69. The summed E-state index contributed by atoms with van der Waals surface area (Å²) in [7, 11) is 0. The van der Waals surface area contributed by atoms with E-state index in [4.69, 9.17) is 16.9 Å². The lowest BCUT2D eigenvalue weighted by Crippen LogP contribution is -2.13. The minimum atomic E-state index is -0.123. The molecule has 0 unspecified atom stereocenters. The fraction of sp³-hybridized carbons (Fsp3) is 0.333. The van der Waals surface area contributed by atoms with Crippen LogP contribution in [0.4, 0.5) is 5.82 Å². The van der Waals surface area contributed by atoms with E-state index in [1.165, 1.54) is 6.92 Å². The Morgan fingerprint density at radius 1 is 1.45 bits per heavy atom. The number of nitrogens with one attached hydrogen (secondary N) is 1. The summed E-state index contributed by atoms with van der Waals surface area (Å²) in [5.74, 6) is 1.12. The van der Waals surface area contributed by atoms with Crippen LogP contribution in [0.2, 0.25) is 0 Å². The van der Waals surface area contributed by atoms with E-state index in [2.05, 4.69) is 11.4 Å². The normalized spacial score (nSPS) is 10.4. The van der Waals surface area contributed by atoms with Crippen molar-refractivity contribution in [3.8, 4) is 6.07 Å². The molecule has 0 atom stereocenters. The summed E-state index contributed by atoms with van der Waals surface area (Å²) in [6, 6.07) is 10.1. The van der Waals surface area contributed by atoms with Crippen molar-refractivity contribution < 1.29 is 4.79 Å². The molecule has 2 aromatic rings. The second kappa shape index (κ2) is 6.44. The third-order valence-corrected chi connectivity index (χ3v) is 3.35. The lowest BCUT2D eigenvalue weighted by atomic mass is 10.1. The molecule has 0 spiro atoms. The Kier molecular flexibility index (Phi) is 4.65. The van der Waals surface area contributed by atoms with E-state index in [1.807, 2.05) is 28.8 Å². The molecule has 0 aliphatic heterocycles. The van der Waals surface area contributed by atoms with E-state index in [1.54, 1.807) is 0 Å². The van der Waals surface area contributed by atoms with E-state index >= 15 is 0 Å². The second-order valence-electron chi connectivity index (χ2n) is 4.52. The molecule has 0 bridgehead atoms. The highest BCUT2D eigenvalue weighted by atomic mass is 35.5. The van der Waals surface area contributed by atoms with Crippen LogP contribution < -0.4 is 5.32 Å². The highest BCUT2D eigenvalue weighted by Gasteiger charge is 2.17. The van der Waals surface area contributed by atoms with Crippen molar-refractivity contribution in [2.75, 3.05) is 11.2 Å². The molecule has 20 heavy (non-hydrogen) atoms. The van der Waals surface area contributed by atoms with Gasteiger partial charge in [-0.2, -0.15) is 5.26 Å². The van der Waals surface area contributed by atoms with Gasteiger partial charge >= 0.3 is 0 Å². The number of carbonyl (C=O) groups is 1. The number of nitriles is 1. The van der Waals surface area contributed by atoms with Gasteiger partial charge in [-0.15, -0.1) is 11.6 Å². The van der Waals surface area contributed by atoms with Crippen LogP contribution in [0.15, 0.2) is 24.3 Å². The Morgan fingerprint density at radius 2 is 2.20 bits per heavy atom. The van der Waals surface area contributed by atoms with Crippen LogP contribution in [0.1, 0.15) is 18.9 Å². The van der Waals surface area contributed by atoms with Gasteiger partial charge in [-0.25, -0.2) is 0 Å². The number of hydrogen-bond acceptors (Lipinski definition) is 2. The summed E-state index contributed by atoms with van der Waals surface area (Å²) in [5.41, 5.74) is 2.05. The van der Waals surface area contributed by atoms with Crippen LogP contribution >= 0.6 is 11.6 Å². The van der Waals surface area contributed by atoms with Crippen molar-refractivity contribution in [1.82, 2.24) is 4.57 Å². The SMILES string of the molecule is CC(=O)Nc1c(CCCl)c2ccccc2n1CCC#N. The quantitative estimate of drug-likeness (QED) is 0.859. The standard InChI is InChI=1S/C15H16ClN3O/c1-11(20)18-15-13(7-8-16)12-5-2-3-6-14(12)19(15)10-4-9-17/h2-3,5-6H,4,7-8,10H2,1H3,(H,18,20).